The van der Waals surface area contributed by atoms with Gasteiger partial charge in [0.1, 0.15) is 5.78 Å². The monoisotopic (exact) mass is 228 g/mol. The van der Waals surface area contributed by atoms with Crippen LogP contribution in [0.5, 0.6) is 0 Å². The van der Waals surface area contributed by atoms with E-state index in [9.17, 15) is 9.59 Å². The van der Waals surface area contributed by atoms with Crippen molar-refractivity contribution in [3.05, 3.63) is 0 Å². The van der Waals surface area contributed by atoms with Crippen LogP contribution in [-0.4, -0.2) is 18.4 Å². The zero-order valence-electron chi connectivity index (χ0n) is 11.0. The summed E-state index contributed by atoms with van der Waals surface area (Å²) in [5.74, 6) is 0.160. The molecule has 0 spiro atoms. The van der Waals surface area contributed by atoms with E-state index in [2.05, 4.69) is 0 Å². The van der Waals surface area contributed by atoms with Gasteiger partial charge in [0.25, 0.3) is 0 Å². The van der Waals surface area contributed by atoms with Crippen LogP contribution in [-0.2, 0) is 14.3 Å². The van der Waals surface area contributed by atoms with Gasteiger partial charge in [0.2, 0.25) is 0 Å². The summed E-state index contributed by atoms with van der Waals surface area (Å²) in [6.45, 7) is 8.07. The average molecular weight is 228 g/mol. The summed E-state index contributed by atoms with van der Waals surface area (Å²) < 4.78 is 4.82. The van der Waals surface area contributed by atoms with Gasteiger partial charge in [-0.3, -0.25) is 9.59 Å². The molecule has 3 nitrogen and oxygen atoms in total. The molecule has 3 heteroatoms. The molecule has 0 saturated heterocycles. The fourth-order valence-corrected chi connectivity index (χ4v) is 1.34. The van der Waals surface area contributed by atoms with Crippen LogP contribution < -0.4 is 0 Å². The minimum absolute atomic E-state index is 0.135. The summed E-state index contributed by atoms with van der Waals surface area (Å²) >= 11 is 0. The molecule has 0 amide bonds. The lowest BCUT2D eigenvalue weighted by molar-refractivity contribution is -0.143. The molecule has 0 saturated carbocycles. The molecule has 0 aliphatic rings. The van der Waals surface area contributed by atoms with Gasteiger partial charge in [-0.25, -0.2) is 0 Å². The van der Waals surface area contributed by atoms with E-state index in [0.29, 0.717) is 25.2 Å². The van der Waals surface area contributed by atoms with Crippen LogP contribution in [0.15, 0.2) is 0 Å². The maximum atomic E-state index is 11.6. The Hall–Kier alpha value is -0.860. The average Bonchev–Trinajstić information content (AvgIpc) is 2.16. The number of ether oxygens (including phenoxy) is 1. The van der Waals surface area contributed by atoms with Gasteiger partial charge in [0.05, 0.1) is 6.61 Å². The smallest absolute Gasteiger partial charge is 0.305 e. The minimum Gasteiger partial charge on any atom is -0.466 e. The van der Waals surface area contributed by atoms with E-state index in [1.54, 1.807) is 6.92 Å². The first-order valence-corrected chi connectivity index (χ1v) is 6.07. The van der Waals surface area contributed by atoms with Crippen LogP contribution in [0.2, 0.25) is 0 Å². The highest BCUT2D eigenvalue weighted by Gasteiger charge is 2.19. The molecule has 0 aromatic carbocycles. The van der Waals surface area contributed by atoms with Crippen molar-refractivity contribution in [3.63, 3.8) is 0 Å². The van der Waals surface area contributed by atoms with Crippen LogP contribution in [0.25, 0.3) is 0 Å². The molecule has 0 aromatic rings. The number of unbranched alkanes of at least 4 members (excludes halogenated alkanes) is 2. The molecule has 0 heterocycles. The maximum absolute atomic E-state index is 11.6. The third kappa shape index (κ3) is 7.43. The lowest BCUT2D eigenvalue weighted by atomic mass is 9.88. The Bertz CT molecular complexity index is 226. The summed E-state index contributed by atoms with van der Waals surface area (Å²) in [7, 11) is 0. The van der Waals surface area contributed by atoms with E-state index in [0.717, 1.165) is 19.3 Å². The van der Waals surface area contributed by atoms with Crippen molar-refractivity contribution in [2.75, 3.05) is 6.61 Å². The Morgan fingerprint density at radius 1 is 1.00 bits per heavy atom. The highest BCUT2D eigenvalue weighted by atomic mass is 16.5. The van der Waals surface area contributed by atoms with Crippen LogP contribution in [0, 0.1) is 5.41 Å². The summed E-state index contributed by atoms with van der Waals surface area (Å²) in [4.78, 5) is 22.6. The predicted molar refractivity (Wildman–Crippen MR) is 64.2 cm³/mol. The number of hydrogen-bond acceptors (Lipinski definition) is 3. The zero-order chi connectivity index (χ0) is 12.6. The summed E-state index contributed by atoms with van der Waals surface area (Å²) in [5.41, 5.74) is -0.235. The summed E-state index contributed by atoms with van der Waals surface area (Å²) in [5, 5.41) is 0. The van der Waals surface area contributed by atoms with E-state index in [1.165, 1.54) is 0 Å². The molecule has 0 bridgehead atoms. The van der Waals surface area contributed by atoms with Crippen LogP contribution in [0.1, 0.15) is 59.8 Å². The number of esters is 1. The van der Waals surface area contributed by atoms with Crippen molar-refractivity contribution < 1.29 is 14.3 Å². The van der Waals surface area contributed by atoms with E-state index in [4.69, 9.17) is 4.74 Å². The molecule has 0 aliphatic heterocycles. The summed E-state index contributed by atoms with van der Waals surface area (Å²) in [6, 6.07) is 0. The Balaban J connectivity index is 3.48. The van der Waals surface area contributed by atoms with Gasteiger partial charge in [-0.1, -0.05) is 27.2 Å². The van der Waals surface area contributed by atoms with Gasteiger partial charge in [-0.15, -0.1) is 0 Å². The molecule has 94 valence electrons. The number of ketones is 1. The quantitative estimate of drug-likeness (QED) is 0.496. The molecule has 0 rings (SSSR count). The SMILES string of the molecule is CCOC(=O)CCCCCC(=O)C(C)(C)C. The number of hydrogen-bond donors (Lipinski definition) is 0. The van der Waals surface area contributed by atoms with Crippen LogP contribution >= 0.6 is 0 Å². The van der Waals surface area contributed by atoms with Gasteiger partial charge in [-0.05, 0) is 19.8 Å². The van der Waals surface area contributed by atoms with Crippen molar-refractivity contribution >= 4 is 11.8 Å². The number of carbonyl (C=O) groups is 2. The third-order valence-corrected chi connectivity index (χ3v) is 2.43. The predicted octanol–water partition coefficient (Wildman–Crippen LogP) is 3.12. The summed E-state index contributed by atoms with van der Waals surface area (Å²) in [6.07, 6.45) is 3.69. The lowest BCUT2D eigenvalue weighted by Crippen LogP contribution is -2.19. The molecular formula is C13H24O3. The normalized spacial score (nSPS) is 11.2. The van der Waals surface area contributed by atoms with E-state index >= 15 is 0 Å². The standard InChI is InChI=1S/C13H24O3/c1-5-16-12(15)10-8-6-7-9-11(14)13(2,3)4/h5-10H2,1-4H3. The Labute approximate surface area is 98.6 Å². The van der Waals surface area contributed by atoms with E-state index in [1.807, 2.05) is 20.8 Å². The highest BCUT2D eigenvalue weighted by Crippen LogP contribution is 2.18. The molecule has 0 unspecified atom stereocenters. The van der Waals surface area contributed by atoms with Crippen molar-refractivity contribution in [2.45, 2.75) is 59.8 Å². The largest absolute Gasteiger partial charge is 0.466 e. The first-order chi connectivity index (χ1) is 7.38. The maximum Gasteiger partial charge on any atom is 0.305 e. The molecular weight excluding hydrogens is 204 g/mol. The van der Waals surface area contributed by atoms with Crippen molar-refractivity contribution in [3.8, 4) is 0 Å². The van der Waals surface area contributed by atoms with Gasteiger partial charge < -0.3 is 4.74 Å². The highest BCUT2D eigenvalue weighted by molar-refractivity contribution is 5.83. The molecule has 0 atom stereocenters. The van der Waals surface area contributed by atoms with Crippen molar-refractivity contribution in [1.29, 1.82) is 0 Å². The topological polar surface area (TPSA) is 43.4 Å². The van der Waals surface area contributed by atoms with Gasteiger partial charge >= 0.3 is 5.97 Å². The fourth-order valence-electron chi connectivity index (χ4n) is 1.34. The van der Waals surface area contributed by atoms with Crippen LogP contribution in [0.3, 0.4) is 0 Å². The Kier molecular flexibility index (Phi) is 7.02. The molecule has 0 fully saturated rings. The van der Waals surface area contributed by atoms with Crippen LogP contribution in [0.4, 0.5) is 0 Å². The van der Waals surface area contributed by atoms with Crippen molar-refractivity contribution in [2.24, 2.45) is 5.41 Å². The molecule has 0 N–H and O–H groups in total. The number of carbonyl (C=O) groups excluding carboxylic acids is 2. The Morgan fingerprint density at radius 3 is 2.06 bits per heavy atom. The Morgan fingerprint density at radius 2 is 1.56 bits per heavy atom. The number of Topliss-reactive ketones (excluding diaryl/α,β-unsaturated/α-hetero) is 1. The van der Waals surface area contributed by atoms with Crippen molar-refractivity contribution in [1.82, 2.24) is 0 Å². The second-order valence-corrected chi connectivity index (χ2v) is 5.04. The molecule has 16 heavy (non-hydrogen) atoms. The zero-order valence-corrected chi connectivity index (χ0v) is 11.0. The van der Waals surface area contributed by atoms with Gasteiger partial charge in [-0.2, -0.15) is 0 Å². The fraction of sp³-hybridized carbons (Fsp3) is 0.846. The first kappa shape index (κ1) is 15.1. The second kappa shape index (κ2) is 7.42. The van der Waals surface area contributed by atoms with Gasteiger partial charge in [0, 0.05) is 18.3 Å². The number of rotatable bonds is 7. The third-order valence-electron chi connectivity index (χ3n) is 2.43. The first-order valence-electron chi connectivity index (χ1n) is 6.07. The molecule has 0 radical (unpaired) electrons. The lowest BCUT2D eigenvalue weighted by Gasteiger charge is -2.15. The minimum atomic E-state index is -0.235. The molecule has 0 aliphatic carbocycles. The molecule has 0 aromatic heterocycles. The second-order valence-electron chi connectivity index (χ2n) is 5.04. The van der Waals surface area contributed by atoms with E-state index < -0.39 is 0 Å². The van der Waals surface area contributed by atoms with Gasteiger partial charge in [0.15, 0.2) is 0 Å². The van der Waals surface area contributed by atoms with E-state index in [-0.39, 0.29) is 11.4 Å².